The van der Waals surface area contributed by atoms with Crippen LogP contribution in [0.2, 0.25) is 0 Å². The van der Waals surface area contributed by atoms with Crippen LogP contribution in [0.25, 0.3) is 11.1 Å². The highest BCUT2D eigenvalue weighted by atomic mass is 16.5. The Hall–Kier alpha value is -3.35. The number of rotatable bonds is 6. The van der Waals surface area contributed by atoms with E-state index in [9.17, 15) is 19.5 Å². The number of carbonyl (C=O) groups excluding carboxylic acids is 2. The Morgan fingerprint density at radius 2 is 1.59 bits per heavy atom. The number of amides is 2. The number of nitrogens with one attached hydrogen (secondary N) is 2. The fraction of sp³-hybridized carbons (Fsp3) is 0.400. The van der Waals surface area contributed by atoms with Crippen molar-refractivity contribution < 1.29 is 24.2 Å². The first kappa shape index (κ1) is 21.9. The molecule has 2 amide bonds. The number of carbonyl (C=O) groups is 3. The number of alkyl carbamates (subject to hydrolysis) is 1. The number of aliphatic carboxylic acids is 1. The second kappa shape index (κ2) is 9.42. The number of hydrogen-bond acceptors (Lipinski definition) is 4. The van der Waals surface area contributed by atoms with Crippen molar-refractivity contribution in [3.8, 4) is 11.1 Å². The van der Waals surface area contributed by atoms with Gasteiger partial charge in [0.05, 0.1) is 5.92 Å². The highest BCUT2D eigenvalue weighted by Crippen LogP contribution is 2.44. The maximum absolute atomic E-state index is 12.5. The van der Waals surface area contributed by atoms with Crippen LogP contribution in [-0.2, 0) is 14.3 Å². The molecule has 4 rings (SSSR count). The lowest BCUT2D eigenvalue weighted by atomic mass is 9.84. The Bertz CT molecular complexity index is 975. The molecule has 2 aliphatic rings. The van der Waals surface area contributed by atoms with E-state index in [0.29, 0.717) is 12.8 Å². The summed E-state index contributed by atoms with van der Waals surface area (Å²) in [6, 6.07) is 14.9. The first-order chi connectivity index (χ1) is 15.5. The number of hydrogen-bond donors (Lipinski definition) is 3. The molecule has 2 aliphatic carbocycles. The molecule has 2 aromatic carbocycles. The van der Waals surface area contributed by atoms with Gasteiger partial charge in [-0.3, -0.25) is 9.59 Å². The lowest BCUT2D eigenvalue weighted by Gasteiger charge is -2.30. The van der Waals surface area contributed by atoms with Gasteiger partial charge in [0.1, 0.15) is 12.6 Å². The summed E-state index contributed by atoms with van der Waals surface area (Å²) in [6.45, 7) is 1.73. The standard InChI is InChI=1S/C25H28N2O5/c1-15(23(28)27-22-13-7-6-12-20(22)24(29)30)26-25(31)32-14-21-18-10-4-2-8-16(18)17-9-3-5-11-19(17)21/h2-5,8-11,15,20-22H,6-7,12-14H2,1H3,(H,26,31)(H,27,28)(H,29,30)/t15-,20-,22+/m0/s1. The topological polar surface area (TPSA) is 105 Å². The number of fused-ring (bicyclic) bond motifs is 3. The van der Waals surface area contributed by atoms with E-state index in [4.69, 9.17) is 4.74 Å². The molecule has 2 aromatic rings. The molecule has 0 bridgehead atoms. The minimum Gasteiger partial charge on any atom is -0.481 e. The quantitative estimate of drug-likeness (QED) is 0.641. The van der Waals surface area contributed by atoms with Crippen molar-refractivity contribution in [2.45, 2.75) is 50.6 Å². The molecular weight excluding hydrogens is 408 g/mol. The Balaban J connectivity index is 1.33. The van der Waals surface area contributed by atoms with Crippen LogP contribution >= 0.6 is 0 Å². The number of ether oxygens (including phenoxy) is 1. The maximum atomic E-state index is 12.5. The van der Waals surface area contributed by atoms with Crippen molar-refractivity contribution in [1.29, 1.82) is 0 Å². The molecule has 0 spiro atoms. The zero-order valence-electron chi connectivity index (χ0n) is 18.0. The lowest BCUT2D eigenvalue weighted by molar-refractivity contribution is -0.144. The largest absolute Gasteiger partial charge is 0.481 e. The van der Waals surface area contributed by atoms with Gasteiger partial charge in [-0.2, -0.15) is 0 Å². The van der Waals surface area contributed by atoms with Gasteiger partial charge in [-0.25, -0.2) is 4.79 Å². The molecule has 7 nitrogen and oxygen atoms in total. The molecule has 0 radical (unpaired) electrons. The summed E-state index contributed by atoms with van der Waals surface area (Å²) in [5.74, 6) is -1.95. The molecule has 1 saturated carbocycles. The van der Waals surface area contributed by atoms with E-state index in [-0.39, 0.29) is 12.5 Å². The first-order valence-electron chi connectivity index (χ1n) is 11.1. The fourth-order valence-electron chi connectivity index (χ4n) is 4.79. The van der Waals surface area contributed by atoms with Crippen LogP contribution in [0.15, 0.2) is 48.5 Å². The third-order valence-corrected chi connectivity index (χ3v) is 6.48. The summed E-state index contributed by atoms with van der Waals surface area (Å²) in [4.78, 5) is 36.4. The average Bonchev–Trinajstić information content (AvgIpc) is 3.11. The van der Waals surface area contributed by atoms with Gasteiger partial charge in [-0.15, -0.1) is 0 Å². The third-order valence-electron chi connectivity index (χ3n) is 6.48. The SMILES string of the molecule is C[C@H](NC(=O)OCC1c2ccccc2-c2ccccc21)C(=O)N[C@@H]1CCCC[C@@H]1C(=O)O. The molecule has 32 heavy (non-hydrogen) atoms. The second-order valence-corrected chi connectivity index (χ2v) is 8.54. The molecule has 168 valence electrons. The van der Waals surface area contributed by atoms with Crippen molar-refractivity contribution in [2.75, 3.05) is 6.61 Å². The smallest absolute Gasteiger partial charge is 0.407 e. The lowest BCUT2D eigenvalue weighted by Crippen LogP contribution is -2.52. The van der Waals surface area contributed by atoms with Gasteiger partial charge in [0.15, 0.2) is 0 Å². The van der Waals surface area contributed by atoms with Gasteiger partial charge in [0.25, 0.3) is 0 Å². The normalized spacial score (nSPS) is 20.5. The third kappa shape index (κ3) is 4.47. The van der Waals surface area contributed by atoms with E-state index < -0.39 is 36.0 Å². The summed E-state index contributed by atoms with van der Waals surface area (Å²) in [5, 5.41) is 14.7. The Morgan fingerprint density at radius 1 is 1.00 bits per heavy atom. The molecule has 0 aromatic heterocycles. The molecule has 3 N–H and O–H groups in total. The zero-order valence-corrected chi connectivity index (χ0v) is 18.0. The monoisotopic (exact) mass is 436 g/mol. The van der Waals surface area contributed by atoms with E-state index >= 15 is 0 Å². The van der Waals surface area contributed by atoms with Gasteiger partial charge >= 0.3 is 12.1 Å². The van der Waals surface area contributed by atoms with Crippen molar-refractivity contribution in [2.24, 2.45) is 5.92 Å². The minimum absolute atomic E-state index is 0.0594. The van der Waals surface area contributed by atoms with Crippen LogP contribution < -0.4 is 10.6 Å². The maximum Gasteiger partial charge on any atom is 0.407 e. The van der Waals surface area contributed by atoms with E-state index in [1.54, 1.807) is 6.92 Å². The van der Waals surface area contributed by atoms with Crippen LogP contribution in [0.4, 0.5) is 4.79 Å². The van der Waals surface area contributed by atoms with Crippen molar-refractivity contribution in [3.05, 3.63) is 59.7 Å². The molecule has 0 saturated heterocycles. The fourth-order valence-corrected chi connectivity index (χ4v) is 4.79. The van der Waals surface area contributed by atoms with Crippen LogP contribution in [0.3, 0.4) is 0 Å². The van der Waals surface area contributed by atoms with E-state index in [0.717, 1.165) is 35.1 Å². The van der Waals surface area contributed by atoms with Crippen LogP contribution in [0.5, 0.6) is 0 Å². The zero-order chi connectivity index (χ0) is 22.7. The molecule has 0 unspecified atom stereocenters. The van der Waals surface area contributed by atoms with Gasteiger partial charge in [-0.05, 0) is 42.0 Å². The summed E-state index contributed by atoms with van der Waals surface area (Å²) in [5.41, 5.74) is 4.52. The number of carboxylic acids is 1. The van der Waals surface area contributed by atoms with E-state index in [1.807, 2.05) is 36.4 Å². The van der Waals surface area contributed by atoms with Gasteiger partial charge in [0.2, 0.25) is 5.91 Å². The summed E-state index contributed by atoms with van der Waals surface area (Å²) < 4.78 is 5.49. The van der Waals surface area contributed by atoms with Crippen LogP contribution in [-0.4, -0.2) is 41.8 Å². The van der Waals surface area contributed by atoms with Crippen molar-refractivity contribution >= 4 is 18.0 Å². The molecule has 1 fully saturated rings. The molecule has 3 atom stereocenters. The summed E-state index contributed by atoms with van der Waals surface area (Å²) in [6.07, 6.45) is 2.22. The summed E-state index contributed by atoms with van der Waals surface area (Å²) in [7, 11) is 0. The molecular formula is C25H28N2O5. The Kier molecular flexibility index (Phi) is 6.44. The molecule has 0 aliphatic heterocycles. The molecule has 7 heteroatoms. The van der Waals surface area contributed by atoms with Gasteiger partial charge in [0, 0.05) is 12.0 Å². The minimum atomic E-state index is -0.896. The second-order valence-electron chi connectivity index (χ2n) is 8.54. The van der Waals surface area contributed by atoms with Crippen molar-refractivity contribution in [1.82, 2.24) is 10.6 Å². The Labute approximate surface area is 187 Å². The van der Waals surface area contributed by atoms with Gasteiger partial charge < -0.3 is 20.5 Å². The van der Waals surface area contributed by atoms with Crippen LogP contribution in [0.1, 0.15) is 49.7 Å². The molecule has 0 heterocycles. The van der Waals surface area contributed by atoms with Crippen LogP contribution in [0, 0.1) is 5.92 Å². The summed E-state index contributed by atoms with van der Waals surface area (Å²) >= 11 is 0. The number of carboxylic acid groups (broad SMARTS) is 1. The van der Waals surface area contributed by atoms with E-state index in [1.165, 1.54) is 0 Å². The first-order valence-corrected chi connectivity index (χ1v) is 11.1. The highest BCUT2D eigenvalue weighted by molar-refractivity contribution is 5.86. The number of benzene rings is 2. The van der Waals surface area contributed by atoms with Crippen molar-refractivity contribution in [3.63, 3.8) is 0 Å². The van der Waals surface area contributed by atoms with Gasteiger partial charge in [-0.1, -0.05) is 61.4 Å². The van der Waals surface area contributed by atoms with E-state index in [2.05, 4.69) is 22.8 Å². The Morgan fingerprint density at radius 3 is 2.22 bits per heavy atom. The predicted molar refractivity (Wildman–Crippen MR) is 119 cm³/mol. The highest BCUT2D eigenvalue weighted by Gasteiger charge is 2.33. The average molecular weight is 437 g/mol. The predicted octanol–water partition coefficient (Wildman–Crippen LogP) is 3.67.